The van der Waals surface area contributed by atoms with E-state index in [1.165, 1.54) is 18.2 Å². The second-order valence-corrected chi connectivity index (χ2v) is 11.5. The average Bonchev–Trinajstić information content (AvgIpc) is 2.80. The number of halogens is 3. The van der Waals surface area contributed by atoms with Crippen molar-refractivity contribution in [3.63, 3.8) is 0 Å². The molecule has 1 aliphatic rings. The van der Waals surface area contributed by atoms with Crippen LogP contribution < -0.4 is 19.7 Å². The molecule has 2 aromatic rings. The minimum absolute atomic E-state index is 0.0128. The molecule has 0 radical (unpaired) electrons. The van der Waals surface area contributed by atoms with Crippen molar-refractivity contribution >= 4 is 33.4 Å². The molecule has 0 saturated carbocycles. The van der Waals surface area contributed by atoms with Crippen LogP contribution >= 0.6 is 0 Å². The van der Waals surface area contributed by atoms with E-state index in [9.17, 15) is 31.2 Å². The molecule has 208 valence electrons. The molecular weight excluding hydrogens is 527 g/mol. The second-order valence-electron chi connectivity index (χ2n) is 9.67. The Morgan fingerprint density at radius 1 is 1.13 bits per heavy atom. The standard InChI is InChI=1S/C25H30F3N3O6S/c1-5-11-29-22(32)14-18-15-31(38(34,35)19-8-6-7-16(12-19)25(26,27)28)20-13-17(9-10-21(20)36-18)30-23(33)37-24(2,3)4/h6-10,12-13,18H,5,11,14-15H2,1-4H3,(H,29,32)(H,30,33). The lowest BCUT2D eigenvalue weighted by Crippen LogP contribution is -2.45. The Hall–Kier alpha value is -3.48. The smallest absolute Gasteiger partial charge is 0.416 e. The maximum Gasteiger partial charge on any atom is 0.416 e. The van der Waals surface area contributed by atoms with Crippen LogP contribution in [0.5, 0.6) is 5.75 Å². The number of carbonyl (C=O) groups excluding carboxylic acids is 2. The van der Waals surface area contributed by atoms with Crippen molar-refractivity contribution in [2.75, 3.05) is 22.7 Å². The fraction of sp³-hybridized carbons (Fsp3) is 0.440. The zero-order valence-corrected chi connectivity index (χ0v) is 22.2. The molecule has 38 heavy (non-hydrogen) atoms. The summed E-state index contributed by atoms with van der Waals surface area (Å²) in [6.45, 7) is 6.98. The molecule has 2 N–H and O–H groups in total. The van der Waals surface area contributed by atoms with Gasteiger partial charge in [0, 0.05) is 12.2 Å². The highest BCUT2D eigenvalue weighted by atomic mass is 32.2. The molecule has 0 bridgehead atoms. The first-order chi connectivity index (χ1) is 17.6. The van der Waals surface area contributed by atoms with E-state index in [-0.39, 0.29) is 36.0 Å². The lowest BCUT2D eigenvalue weighted by molar-refractivity contribution is -0.137. The van der Waals surface area contributed by atoms with Gasteiger partial charge in [-0.05, 0) is 63.6 Å². The largest absolute Gasteiger partial charge is 0.486 e. The van der Waals surface area contributed by atoms with Gasteiger partial charge in [-0.2, -0.15) is 13.2 Å². The number of hydrogen-bond acceptors (Lipinski definition) is 6. The van der Waals surface area contributed by atoms with Crippen molar-refractivity contribution in [3.8, 4) is 5.75 Å². The van der Waals surface area contributed by atoms with Gasteiger partial charge in [-0.25, -0.2) is 13.2 Å². The van der Waals surface area contributed by atoms with Crippen LogP contribution in [0.2, 0.25) is 0 Å². The first-order valence-electron chi connectivity index (χ1n) is 11.9. The Kier molecular flexibility index (Phi) is 8.49. The van der Waals surface area contributed by atoms with E-state index < -0.39 is 44.5 Å². The number of nitrogens with zero attached hydrogens (tertiary/aromatic N) is 1. The van der Waals surface area contributed by atoms with Crippen molar-refractivity contribution < 1.29 is 40.7 Å². The number of benzene rings is 2. The summed E-state index contributed by atoms with van der Waals surface area (Å²) in [6, 6.07) is 7.58. The van der Waals surface area contributed by atoms with E-state index in [1.807, 2.05) is 6.92 Å². The molecule has 1 heterocycles. The molecule has 0 aromatic heterocycles. The molecule has 3 rings (SSSR count). The van der Waals surface area contributed by atoms with Gasteiger partial charge < -0.3 is 14.8 Å². The summed E-state index contributed by atoms with van der Waals surface area (Å²) in [6.07, 6.45) is -5.93. The van der Waals surface area contributed by atoms with Crippen LogP contribution in [-0.2, 0) is 25.7 Å². The van der Waals surface area contributed by atoms with Crippen LogP contribution in [0, 0.1) is 0 Å². The average molecular weight is 558 g/mol. The summed E-state index contributed by atoms with van der Waals surface area (Å²) in [5.74, 6) is -0.283. The van der Waals surface area contributed by atoms with Crippen LogP contribution in [0.1, 0.15) is 46.1 Å². The number of carbonyl (C=O) groups is 2. The number of sulfonamides is 1. The van der Waals surface area contributed by atoms with Gasteiger partial charge in [0.25, 0.3) is 10.0 Å². The van der Waals surface area contributed by atoms with Crippen molar-refractivity contribution in [2.24, 2.45) is 0 Å². The van der Waals surface area contributed by atoms with E-state index in [2.05, 4.69) is 10.6 Å². The Bertz CT molecular complexity index is 1290. The van der Waals surface area contributed by atoms with Gasteiger partial charge >= 0.3 is 12.3 Å². The van der Waals surface area contributed by atoms with Crippen LogP contribution in [0.3, 0.4) is 0 Å². The number of nitrogens with one attached hydrogen (secondary N) is 2. The van der Waals surface area contributed by atoms with Gasteiger partial charge in [0.2, 0.25) is 5.91 Å². The minimum atomic E-state index is -4.75. The van der Waals surface area contributed by atoms with Gasteiger partial charge in [-0.3, -0.25) is 14.4 Å². The maximum absolute atomic E-state index is 13.6. The molecule has 9 nitrogen and oxygen atoms in total. The number of hydrogen-bond donors (Lipinski definition) is 2. The summed E-state index contributed by atoms with van der Waals surface area (Å²) in [7, 11) is -4.54. The van der Waals surface area contributed by atoms with Crippen LogP contribution in [0.25, 0.3) is 0 Å². The van der Waals surface area contributed by atoms with Crippen LogP contribution in [0.15, 0.2) is 47.4 Å². The highest BCUT2D eigenvalue weighted by Gasteiger charge is 2.37. The van der Waals surface area contributed by atoms with Crippen molar-refractivity contribution in [3.05, 3.63) is 48.0 Å². The number of alkyl halides is 3. The van der Waals surface area contributed by atoms with E-state index >= 15 is 0 Å². The molecule has 2 aromatic carbocycles. The first kappa shape index (κ1) is 29.1. The molecule has 0 saturated heterocycles. The fourth-order valence-electron chi connectivity index (χ4n) is 3.65. The minimum Gasteiger partial charge on any atom is -0.486 e. The lowest BCUT2D eigenvalue weighted by Gasteiger charge is -2.35. The highest BCUT2D eigenvalue weighted by molar-refractivity contribution is 7.92. The number of anilines is 2. The van der Waals surface area contributed by atoms with Gasteiger partial charge in [0.05, 0.1) is 29.1 Å². The van der Waals surface area contributed by atoms with E-state index in [0.29, 0.717) is 19.0 Å². The summed E-state index contributed by atoms with van der Waals surface area (Å²) >= 11 is 0. The first-order valence-corrected chi connectivity index (χ1v) is 13.3. The van der Waals surface area contributed by atoms with Gasteiger partial charge in [0.15, 0.2) is 0 Å². The molecule has 0 fully saturated rings. The third kappa shape index (κ3) is 7.30. The van der Waals surface area contributed by atoms with E-state index in [0.717, 1.165) is 22.5 Å². The number of amides is 2. The third-order valence-corrected chi connectivity index (χ3v) is 7.05. The van der Waals surface area contributed by atoms with Crippen LogP contribution in [0.4, 0.5) is 29.3 Å². The molecule has 1 aliphatic heterocycles. The van der Waals surface area contributed by atoms with Crippen molar-refractivity contribution in [1.29, 1.82) is 0 Å². The monoisotopic (exact) mass is 557 g/mol. The zero-order chi connectivity index (χ0) is 28.3. The molecule has 1 unspecified atom stereocenters. The van der Waals surface area contributed by atoms with Gasteiger partial charge in [-0.1, -0.05) is 13.0 Å². The summed E-state index contributed by atoms with van der Waals surface area (Å²) < 4.78 is 79.2. The van der Waals surface area contributed by atoms with Crippen molar-refractivity contribution in [1.82, 2.24) is 5.32 Å². The summed E-state index contributed by atoms with van der Waals surface area (Å²) in [5, 5.41) is 5.19. The molecule has 13 heteroatoms. The summed E-state index contributed by atoms with van der Waals surface area (Å²) in [5.41, 5.74) is -1.75. The maximum atomic E-state index is 13.6. The Morgan fingerprint density at radius 3 is 2.47 bits per heavy atom. The topological polar surface area (TPSA) is 114 Å². The SMILES string of the molecule is CCCNC(=O)CC1CN(S(=O)(=O)c2cccc(C(F)(F)F)c2)c2cc(NC(=O)OC(C)(C)C)ccc2O1. The van der Waals surface area contributed by atoms with Gasteiger partial charge in [-0.15, -0.1) is 0 Å². The third-order valence-electron chi connectivity index (χ3n) is 5.27. The lowest BCUT2D eigenvalue weighted by atomic mass is 10.1. The Balaban J connectivity index is 2.01. The molecule has 0 aliphatic carbocycles. The molecule has 0 spiro atoms. The van der Waals surface area contributed by atoms with Gasteiger partial charge in [0.1, 0.15) is 17.5 Å². The molecule has 1 atom stereocenters. The fourth-order valence-corrected chi connectivity index (χ4v) is 5.19. The number of rotatable bonds is 7. The molecule has 2 amide bonds. The van der Waals surface area contributed by atoms with E-state index in [1.54, 1.807) is 20.8 Å². The second kappa shape index (κ2) is 11.1. The Morgan fingerprint density at radius 2 is 1.84 bits per heavy atom. The van der Waals surface area contributed by atoms with Crippen molar-refractivity contribution in [2.45, 2.75) is 63.3 Å². The summed E-state index contributed by atoms with van der Waals surface area (Å²) in [4.78, 5) is 24.0. The highest BCUT2D eigenvalue weighted by Crippen LogP contribution is 2.40. The zero-order valence-electron chi connectivity index (χ0n) is 21.4. The predicted octanol–water partition coefficient (Wildman–Crippen LogP) is 4.93. The van der Waals surface area contributed by atoms with E-state index in [4.69, 9.17) is 9.47 Å². The number of fused-ring (bicyclic) bond motifs is 1. The normalized spacial score (nSPS) is 15.8. The Labute approximate surface area is 219 Å². The number of ether oxygens (including phenoxy) is 2. The van der Waals surface area contributed by atoms with Crippen LogP contribution in [-0.4, -0.2) is 45.2 Å². The quantitative estimate of drug-likeness (QED) is 0.499. The molecular formula is C25H30F3N3O6S. The predicted molar refractivity (Wildman–Crippen MR) is 135 cm³/mol.